The fourth-order valence-corrected chi connectivity index (χ4v) is 3.37. The zero-order valence-electron chi connectivity index (χ0n) is 15.1. The molecule has 0 saturated heterocycles. The SMILES string of the molecule is Cc1cc(OCC(=O)N[C@@H](CC(=O)O)C(=O)O)c2c3c(c(=O)oc2c1)CCC3. The van der Waals surface area contributed by atoms with E-state index in [2.05, 4.69) is 5.32 Å². The summed E-state index contributed by atoms with van der Waals surface area (Å²) in [5.41, 5.74) is 2.22. The van der Waals surface area contributed by atoms with Gasteiger partial charge in [0, 0.05) is 5.56 Å². The van der Waals surface area contributed by atoms with Crippen molar-refractivity contribution < 1.29 is 33.8 Å². The van der Waals surface area contributed by atoms with E-state index in [4.69, 9.17) is 19.4 Å². The molecule has 9 heteroatoms. The Hall–Kier alpha value is -3.36. The molecule has 0 spiro atoms. The van der Waals surface area contributed by atoms with Crippen molar-refractivity contribution >= 4 is 28.8 Å². The van der Waals surface area contributed by atoms with Crippen molar-refractivity contribution in [2.45, 2.75) is 38.6 Å². The Balaban J connectivity index is 1.84. The maximum Gasteiger partial charge on any atom is 0.339 e. The van der Waals surface area contributed by atoms with Crippen LogP contribution in [0.3, 0.4) is 0 Å². The van der Waals surface area contributed by atoms with Gasteiger partial charge in [0.1, 0.15) is 17.4 Å². The molecule has 0 radical (unpaired) electrons. The first kappa shape index (κ1) is 19.4. The molecule has 0 bridgehead atoms. The van der Waals surface area contributed by atoms with E-state index in [9.17, 15) is 19.2 Å². The van der Waals surface area contributed by atoms with Gasteiger partial charge in [-0.15, -0.1) is 0 Å². The highest BCUT2D eigenvalue weighted by molar-refractivity contribution is 5.90. The molecule has 0 aliphatic heterocycles. The van der Waals surface area contributed by atoms with Crippen LogP contribution in [-0.4, -0.2) is 40.7 Å². The summed E-state index contributed by atoms with van der Waals surface area (Å²) in [5, 5.41) is 20.5. The molecule has 2 aromatic rings. The summed E-state index contributed by atoms with van der Waals surface area (Å²) in [4.78, 5) is 45.9. The maximum absolute atomic E-state index is 12.1. The molecule has 1 aromatic heterocycles. The molecule has 1 amide bonds. The molecule has 0 fully saturated rings. The van der Waals surface area contributed by atoms with Crippen LogP contribution in [0.2, 0.25) is 0 Å². The monoisotopic (exact) mass is 389 g/mol. The third kappa shape index (κ3) is 3.98. The summed E-state index contributed by atoms with van der Waals surface area (Å²) in [6.45, 7) is 1.28. The number of rotatable bonds is 7. The number of fused-ring (bicyclic) bond motifs is 3. The second kappa shape index (κ2) is 7.71. The number of hydrogen-bond donors (Lipinski definition) is 3. The van der Waals surface area contributed by atoms with Crippen LogP contribution >= 0.6 is 0 Å². The highest BCUT2D eigenvalue weighted by Crippen LogP contribution is 2.35. The first-order chi connectivity index (χ1) is 13.3. The molecular weight excluding hydrogens is 370 g/mol. The van der Waals surface area contributed by atoms with E-state index in [1.807, 2.05) is 0 Å². The highest BCUT2D eigenvalue weighted by atomic mass is 16.5. The number of carboxylic acid groups (broad SMARTS) is 2. The number of ether oxygens (including phenoxy) is 1. The molecule has 1 heterocycles. The number of aryl methyl sites for hydroxylation is 2. The predicted molar refractivity (Wildman–Crippen MR) is 96.6 cm³/mol. The Morgan fingerprint density at radius 2 is 1.93 bits per heavy atom. The van der Waals surface area contributed by atoms with Crippen LogP contribution in [0.5, 0.6) is 5.75 Å². The summed E-state index contributed by atoms with van der Waals surface area (Å²) < 4.78 is 11.0. The first-order valence-corrected chi connectivity index (χ1v) is 8.72. The van der Waals surface area contributed by atoms with Crippen molar-refractivity contribution in [2.24, 2.45) is 0 Å². The number of carbonyl (C=O) groups excluding carboxylic acids is 1. The van der Waals surface area contributed by atoms with Gasteiger partial charge in [0.05, 0.1) is 11.8 Å². The van der Waals surface area contributed by atoms with Gasteiger partial charge < -0.3 is 24.7 Å². The van der Waals surface area contributed by atoms with Crippen molar-refractivity contribution in [1.82, 2.24) is 5.32 Å². The normalized spacial score (nSPS) is 13.8. The van der Waals surface area contributed by atoms with Crippen molar-refractivity contribution in [3.8, 4) is 5.75 Å². The van der Waals surface area contributed by atoms with Crippen LogP contribution in [0.25, 0.3) is 11.0 Å². The summed E-state index contributed by atoms with van der Waals surface area (Å²) in [7, 11) is 0. The fourth-order valence-electron chi connectivity index (χ4n) is 3.37. The Morgan fingerprint density at radius 3 is 2.61 bits per heavy atom. The van der Waals surface area contributed by atoms with E-state index in [-0.39, 0.29) is 5.63 Å². The molecule has 148 valence electrons. The minimum Gasteiger partial charge on any atom is -0.483 e. The lowest BCUT2D eigenvalue weighted by Gasteiger charge is -2.15. The van der Waals surface area contributed by atoms with Crippen molar-refractivity contribution in [3.63, 3.8) is 0 Å². The van der Waals surface area contributed by atoms with Gasteiger partial charge in [-0.05, 0) is 49.4 Å². The van der Waals surface area contributed by atoms with Crippen molar-refractivity contribution in [3.05, 3.63) is 39.2 Å². The lowest BCUT2D eigenvalue weighted by Crippen LogP contribution is -2.44. The third-order valence-electron chi connectivity index (χ3n) is 4.55. The Labute approximate surface area is 158 Å². The van der Waals surface area contributed by atoms with Gasteiger partial charge in [-0.2, -0.15) is 0 Å². The van der Waals surface area contributed by atoms with Gasteiger partial charge in [0.15, 0.2) is 6.61 Å². The average Bonchev–Trinajstić information content (AvgIpc) is 3.08. The molecule has 1 atom stereocenters. The zero-order valence-corrected chi connectivity index (χ0v) is 15.1. The van der Waals surface area contributed by atoms with Gasteiger partial charge in [0.2, 0.25) is 0 Å². The minimum atomic E-state index is -1.55. The second-order valence-electron chi connectivity index (χ2n) is 6.68. The average molecular weight is 389 g/mol. The number of benzene rings is 1. The van der Waals surface area contributed by atoms with Crippen LogP contribution in [0.4, 0.5) is 0 Å². The number of carboxylic acids is 2. The smallest absolute Gasteiger partial charge is 0.339 e. The molecule has 1 aliphatic carbocycles. The van der Waals surface area contributed by atoms with Gasteiger partial charge in [-0.25, -0.2) is 9.59 Å². The largest absolute Gasteiger partial charge is 0.483 e. The van der Waals surface area contributed by atoms with Crippen LogP contribution in [0, 0.1) is 6.92 Å². The van der Waals surface area contributed by atoms with E-state index in [0.29, 0.717) is 35.1 Å². The minimum absolute atomic E-state index is 0.358. The van der Waals surface area contributed by atoms with E-state index < -0.39 is 36.9 Å². The predicted octanol–water partition coefficient (Wildman–Crippen LogP) is 1.01. The fraction of sp³-hybridized carbons (Fsp3) is 0.368. The summed E-state index contributed by atoms with van der Waals surface area (Å²) in [5.74, 6) is -3.20. The van der Waals surface area contributed by atoms with E-state index >= 15 is 0 Å². The quantitative estimate of drug-likeness (QED) is 0.596. The van der Waals surface area contributed by atoms with E-state index in [1.54, 1.807) is 19.1 Å². The van der Waals surface area contributed by atoms with E-state index in [1.165, 1.54) is 0 Å². The zero-order chi connectivity index (χ0) is 20.4. The molecule has 9 nitrogen and oxygen atoms in total. The number of aliphatic carboxylic acids is 2. The van der Waals surface area contributed by atoms with Crippen LogP contribution in [0.15, 0.2) is 21.3 Å². The molecule has 1 aromatic carbocycles. The second-order valence-corrected chi connectivity index (χ2v) is 6.68. The highest BCUT2D eigenvalue weighted by Gasteiger charge is 2.25. The molecular formula is C19H19NO8. The van der Waals surface area contributed by atoms with E-state index in [0.717, 1.165) is 17.5 Å². The number of nitrogens with one attached hydrogen (secondary N) is 1. The number of amides is 1. The van der Waals surface area contributed by atoms with Gasteiger partial charge in [-0.3, -0.25) is 9.59 Å². The lowest BCUT2D eigenvalue weighted by atomic mass is 10.0. The Morgan fingerprint density at radius 1 is 1.21 bits per heavy atom. The Bertz CT molecular complexity index is 1020. The lowest BCUT2D eigenvalue weighted by molar-refractivity contribution is -0.147. The molecule has 3 rings (SSSR count). The number of carbonyl (C=O) groups is 3. The summed E-state index contributed by atoms with van der Waals surface area (Å²) in [6.07, 6.45) is 1.40. The van der Waals surface area contributed by atoms with Crippen LogP contribution < -0.4 is 15.7 Å². The summed E-state index contributed by atoms with van der Waals surface area (Å²) >= 11 is 0. The first-order valence-electron chi connectivity index (χ1n) is 8.72. The number of hydrogen-bond acceptors (Lipinski definition) is 6. The van der Waals surface area contributed by atoms with Gasteiger partial charge in [0.25, 0.3) is 5.91 Å². The molecule has 3 N–H and O–H groups in total. The topological polar surface area (TPSA) is 143 Å². The van der Waals surface area contributed by atoms with Gasteiger partial charge >= 0.3 is 17.6 Å². The molecule has 0 unspecified atom stereocenters. The molecule has 0 saturated carbocycles. The summed E-state index contributed by atoms with van der Waals surface area (Å²) in [6, 6.07) is 1.88. The van der Waals surface area contributed by atoms with Crippen LogP contribution in [0.1, 0.15) is 29.5 Å². The standard InChI is InChI=1S/C19H19NO8/c1-9-5-13(27-8-15(21)20-12(18(24)25)7-16(22)23)17-10-3-2-4-11(10)19(26)28-14(17)6-9/h5-6,12H,2-4,7-8H2,1H3,(H,20,21)(H,22,23)(H,24,25)/t12-/m0/s1. The van der Waals surface area contributed by atoms with Gasteiger partial charge in [-0.1, -0.05) is 0 Å². The molecule has 1 aliphatic rings. The van der Waals surface area contributed by atoms with Crippen molar-refractivity contribution in [2.75, 3.05) is 6.61 Å². The maximum atomic E-state index is 12.1. The van der Waals surface area contributed by atoms with Crippen LogP contribution in [-0.2, 0) is 27.2 Å². The molecule has 28 heavy (non-hydrogen) atoms. The third-order valence-corrected chi connectivity index (χ3v) is 4.55. The Kier molecular flexibility index (Phi) is 5.34. The van der Waals surface area contributed by atoms with Crippen molar-refractivity contribution in [1.29, 1.82) is 0 Å².